The van der Waals surface area contributed by atoms with Crippen LogP contribution in [0.1, 0.15) is 13.8 Å². The van der Waals surface area contributed by atoms with Gasteiger partial charge in [-0.05, 0) is 13.8 Å². The molecule has 0 rings (SSSR count). The molecule has 4 heteroatoms. The highest BCUT2D eigenvalue weighted by atomic mass is 79.9. The number of hydrogen-bond donors (Lipinski definition) is 1. The van der Waals surface area contributed by atoms with Gasteiger partial charge in [0, 0.05) is 6.54 Å². The van der Waals surface area contributed by atoms with E-state index >= 15 is 0 Å². The number of carbonyl (C=O) groups is 1. The summed E-state index contributed by atoms with van der Waals surface area (Å²) >= 11 is 3.04. The third-order valence-corrected chi connectivity index (χ3v) is 1.51. The highest BCUT2D eigenvalue weighted by Crippen LogP contribution is 1.85. The molecule has 0 saturated heterocycles. The van der Waals surface area contributed by atoms with Crippen LogP contribution in [0.3, 0.4) is 0 Å². The smallest absolute Gasteiger partial charge is 0.230 e. The lowest BCUT2D eigenvalue weighted by atomic mass is 10.5. The molecule has 1 N–H and O–H groups in total. The maximum atomic E-state index is 10.6. The number of alkyl halides is 1. The van der Waals surface area contributed by atoms with Crippen LogP contribution in [-0.4, -0.2) is 30.5 Å². The number of halogens is 1. The maximum absolute atomic E-state index is 10.6. The molecule has 0 unspecified atom stereocenters. The molecule has 0 fully saturated rings. The minimum absolute atomic E-state index is 0.00245. The lowest BCUT2D eigenvalue weighted by molar-refractivity contribution is -0.118. The third kappa shape index (κ3) is 7.81. The second-order valence-corrected chi connectivity index (χ2v) is 2.96. The Hall–Kier alpha value is -0.0900. The van der Waals surface area contributed by atoms with Crippen molar-refractivity contribution < 1.29 is 9.53 Å². The van der Waals surface area contributed by atoms with Gasteiger partial charge in [-0.25, -0.2) is 0 Å². The molecule has 0 saturated carbocycles. The SMILES string of the molecule is CC(C)OCCNC(=O)CBr. The summed E-state index contributed by atoms with van der Waals surface area (Å²) in [4.78, 5) is 10.6. The summed E-state index contributed by atoms with van der Waals surface area (Å²) in [5.74, 6) is -0.00245. The zero-order chi connectivity index (χ0) is 8.69. The summed E-state index contributed by atoms with van der Waals surface area (Å²) in [5, 5.41) is 3.03. The predicted octanol–water partition coefficient (Wildman–Crippen LogP) is 0.922. The van der Waals surface area contributed by atoms with E-state index < -0.39 is 0 Å². The third-order valence-electron chi connectivity index (χ3n) is 0.997. The Kier molecular flexibility index (Phi) is 6.56. The van der Waals surface area contributed by atoms with E-state index in [0.717, 1.165) is 0 Å². The van der Waals surface area contributed by atoms with Gasteiger partial charge in [-0.1, -0.05) is 15.9 Å². The highest BCUT2D eigenvalue weighted by Gasteiger charge is 1.96. The number of carbonyl (C=O) groups excluding carboxylic acids is 1. The van der Waals surface area contributed by atoms with Crippen molar-refractivity contribution in [2.45, 2.75) is 20.0 Å². The molecule has 0 spiro atoms. The van der Waals surface area contributed by atoms with Gasteiger partial charge in [0.15, 0.2) is 0 Å². The van der Waals surface area contributed by atoms with Crippen molar-refractivity contribution in [3.8, 4) is 0 Å². The second kappa shape index (κ2) is 6.61. The number of amides is 1. The van der Waals surface area contributed by atoms with Gasteiger partial charge in [0.1, 0.15) is 0 Å². The van der Waals surface area contributed by atoms with Crippen LogP contribution in [-0.2, 0) is 9.53 Å². The summed E-state index contributed by atoms with van der Waals surface area (Å²) in [6.45, 7) is 5.09. The molecule has 0 aliphatic heterocycles. The Morgan fingerprint density at radius 3 is 2.73 bits per heavy atom. The van der Waals surface area contributed by atoms with Crippen molar-refractivity contribution in [3.05, 3.63) is 0 Å². The molecular weight excluding hydrogens is 210 g/mol. The fourth-order valence-electron chi connectivity index (χ4n) is 0.532. The van der Waals surface area contributed by atoms with Crippen molar-refractivity contribution in [1.82, 2.24) is 5.32 Å². The first-order valence-electron chi connectivity index (χ1n) is 3.61. The maximum Gasteiger partial charge on any atom is 0.230 e. The number of hydrogen-bond acceptors (Lipinski definition) is 2. The Morgan fingerprint density at radius 2 is 2.27 bits per heavy atom. The molecule has 0 bridgehead atoms. The van der Waals surface area contributed by atoms with Gasteiger partial charge in [-0.15, -0.1) is 0 Å². The lowest BCUT2D eigenvalue weighted by Crippen LogP contribution is -2.28. The Morgan fingerprint density at radius 1 is 1.64 bits per heavy atom. The summed E-state index contributed by atoms with van der Waals surface area (Å²) in [6.07, 6.45) is 0.232. The molecule has 0 heterocycles. The van der Waals surface area contributed by atoms with Crippen LogP contribution in [0.4, 0.5) is 0 Å². The first kappa shape index (κ1) is 10.9. The van der Waals surface area contributed by atoms with Gasteiger partial charge in [-0.3, -0.25) is 4.79 Å². The van der Waals surface area contributed by atoms with Gasteiger partial charge in [0.25, 0.3) is 0 Å². The second-order valence-electron chi connectivity index (χ2n) is 2.40. The first-order chi connectivity index (χ1) is 5.16. The molecule has 0 radical (unpaired) electrons. The molecule has 0 aromatic rings. The highest BCUT2D eigenvalue weighted by molar-refractivity contribution is 9.09. The zero-order valence-electron chi connectivity index (χ0n) is 6.89. The summed E-state index contributed by atoms with van der Waals surface area (Å²) in [5.41, 5.74) is 0. The Balaban J connectivity index is 3.08. The molecule has 0 aromatic heterocycles. The Bertz CT molecular complexity index is 117. The van der Waals surface area contributed by atoms with Crippen LogP contribution in [0.2, 0.25) is 0 Å². The van der Waals surface area contributed by atoms with Crippen LogP contribution >= 0.6 is 15.9 Å². The minimum atomic E-state index is -0.00245. The monoisotopic (exact) mass is 223 g/mol. The first-order valence-corrected chi connectivity index (χ1v) is 4.73. The van der Waals surface area contributed by atoms with Crippen molar-refractivity contribution in [1.29, 1.82) is 0 Å². The van der Waals surface area contributed by atoms with E-state index in [0.29, 0.717) is 18.5 Å². The van der Waals surface area contributed by atoms with Gasteiger partial charge < -0.3 is 10.1 Å². The van der Waals surface area contributed by atoms with Crippen molar-refractivity contribution >= 4 is 21.8 Å². The van der Waals surface area contributed by atoms with Crippen LogP contribution in [0.5, 0.6) is 0 Å². The van der Waals surface area contributed by atoms with Crippen LogP contribution in [0.25, 0.3) is 0 Å². The van der Waals surface area contributed by atoms with Crippen LogP contribution < -0.4 is 5.32 Å². The van der Waals surface area contributed by atoms with E-state index in [1.54, 1.807) is 0 Å². The fourth-order valence-corrected chi connectivity index (χ4v) is 0.731. The summed E-state index contributed by atoms with van der Waals surface area (Å²) in [7, 11) is 0. The minimum Gasteiger partial charge on any atom is -0.377 e. The molecule has 0 aliphatic carbocycles. The average molecular weight is 224 g/mol. The van der Waals surface area contributed by atoms with Crippen molar-refractivity contribution in [2.75, 3.05) is 18.5 Å². The van der Waals surface area contributed by atoms with Crippen molar-refractivity contribution in [3.63, 3.8) is 0 Å². The molecule has 1 amide bonds. The van der Waals surface area contributed by atoms with Gasteiger partial charge in [-0.2, -0.15) is 0 Å². The zero-order valence-corrected chi connectivity index (χ0v) is 8.48. The summed E-state index contributed by atoms with van der Waals surface area (Å²) < 4.78 is 5.21. The van der Waals surface area contributed by atoms with E-state index in [4.69, 9.17) is 4.74 Å². The largest absolute Gasteiger partial charge is 0.377 e. The van der Waals surface area contributed by atoms with Crippen molar-refractivity contribution in [2.24, 2.45) is 0 Å². The molecule has 3 nitrogen and oxygen atoms in total. The van der Waals surface area contributed by atoms with E-state index in [1.807, 2.05) is 13.8 Å². The van der Waals surface area contributed by atoms with Crippen LogP contribution in [0.15, 0.2) is 0 Å². The van der Waals surface area contributed by atoms with E-state index in [1.165, 1.54) is 0 Å². The molecule has 0 atom stereocenters. The molecular formula is C7H14BrNO2. The van der Waals surface area contributed by atoms with Gasteiger partial charge in [0.05, 0.1) is 18.0 Å². The van der Waals surface area contributed by atoms with Gasteiger partial charge in [0.2, 0.25) is 5.91 Å². The Labute approximate surface area is 75.6 Å². The molecule has 66 valence electrons. The predicted molar refractivity (Wildman–Crippen MR) is 47.9 cm³/mol. The average Bonchev–Trinajstić information content (AvgIpc) is 1.97. The standard InChI is InChI=1S/C7H14BrNO2/c1-6(2)11-4-3-9-7(10)5-8/h6H,3-5H2,1-2H3,(H,9,10). The fraction of sp³-hybridized carbons (Fsp3) is 0.857. The number of nitrogens with one attached hydrogen (secondary N) is 1. The van der Waals surface area contributed by atoms with E-state index in [9.17, 15) is 4.79 Å². The quantitative estimate of drug-likeness (QED) is 0.557. The topological polar surface area (TPSA) is 38.3 Å². The normalized spacial score (nSPS) is 10.2. The molecule has 0 aromatic carbocycles. The van der Waals surface area contributed by atoms with Gasteiger partial charge >= 0.3 is 0 Å². The number of rotatable bonds is 5. The lowest BCUT2D eigenvalue weighted by Gasteiger charge is -2.07. The van der Waals surface area contributed by atoms with E-state index in [-0.39, 0.29) is 12.0 Å². The number of ether oxygens (including phenoxy) is 1. The molecule has 0 aliphatic rings. The summed E-state index contributed by atoms with van der Waals surface area (Å²) in [6, 6.07) is 0. The molecule has 11 heavy (non-hydrogen) atoms. The van der Waals surface area contributed by atoms with E-state index in [2.05, 4.69) is 21.2 Å². The van der Waals surface area contributed by atoms with Crippen LogP contribution in [0, 0.1) is 0 Å².